The Bertz CT molecular complexity index is 992. The maximum atomic E-state index is 12.5. The zero-order valence-corrected chi connectivity index (χ0v) is 19.2. The molecule has 1 aromatic carbocycles. The lowest BCUT2D eigenvalue weighted by Crippen LogP contribution is -2.44. The van der Waals surface area contributed by atoms with Crippen LogP contribution < -0.4 is 10.6 Å². The van der Waals surface area contributed by atoms with Crippen LogP contribution in [0.2, 0.25) is 0 Å². The molecule has 1 aliphatic carbocycles. The smallest absolute Gasteiger partial charge is 0.270 e. The summed E-state index contributed by atoms with van der Waals surface area (Å²) in [5.41, 5.74) is 2.91. The largest absolute Gasteiger partial charge is 0.390 e. The summed E-state index contributed by atoms with van der Waals surface area (Å²) in [4.78, 5) is 36.6. The van der Waals surface area contributed by atoms with Gasteiger partial charge in [-0.2, -0.15) is 0 Å². The fraction of sp³-hybridized carbons (Fsp3) is 0.500. The van der Waals surface area contributed by atoms with Gasteiger partial charge in [0.05, 0.1) is 6.10 Å². The highest BCUT2D eigenvalue weighted by Crippen LogP contribution is 2.31. The molecule has 9 nitrogen and oxygen atoms in total. The molecule has 176 valence electrons. The maximum absolute atomic E-state index is 12.5. The van der Waals surface area contributed by atoms with E-state index in [2.05, 4.69) is 43.7 Å². The molecule has 2 heterocycles. The average Bonchev–Trinajstić information content (AvgIpc) is 2.79. The Hall–Kier alpha value is -3.04. The van der Waals surface area contributed by atoms with Gasteiger partial charge in [0.1, 0.15) is 17.8 Å². The van der Waals surface area contributed by atoms with Gasteiger partial charge in [0.2, 0.25) is 5.91 Å². The van der Waals surface area contributed by atoms with Crippen LogP contribution in [0.3, 0.4) is 0 Å². The lowest BCUT2D eigenvalue weighted by atomic mass is 9.79. The Labute approximate surface area is 194 Å². The first-order chi connectivity index (χ1) is 15.9. The van der Waals surface area contributed by atoms with Gasteiger partial charge in [0.15, 0.2) is 0 Å². The molecule has 9 heteroatoms. The number of rotatable bonds is 8. The number of aliphatic hydroxyl groups is 1. The van der Waals surface area contributed by atoms with E-state index >= 15 is 0 Å². The number of benzene rings is 1. The number of aromatic nitrogens is 2. The van der Waals surface area contributed by atoms with Crippen molar-refractivity contribution in [3.63, 3.8) is 0 Å². The lowest BCUT2D eigenvalue weighted by Gasteiger charge is -2.36. The lowest BCUT2D eigenvalue weighted by molar-refractivity contribution is -0.135. The Balaban J connectivity index is 1.22. The van der Waals surface area contributed by atoms with Gasteiger partial charge in [0, 0.05) is 58.3 Å². The van der Waals surface area contributed by atoms with Crippen LogP contribution in [-0.2, 0) is 17.8 Å². The third-order valence-corrected chi connectivity index (χ3v) is 6.36. The Morgan fingerprint density at radius 3 is 2.73 bits per heavy atom. The van der Waals surface area contributed by atoms with Crippen molar-refractivity contribution in [2.24, 2.45) is 5.92 Å². The Morgan fingerprint density at radius 2 is 1.97 bits per heavy atom. The molecule has 1 aliphatic heterocycles. The van der Waals surface area contributed by atoms with Crippen LogP contribution in [-0.4, -0.2) is 82.6 Å². The average molecular weight is 453 g/mol. The highest BCUT2D eigenvalue weighted by Gasteiger charge is 2.35. The summed E-state index contributed by atoms with van der Waals surface area (Å²) < 4.78 is 0. The molecule has 2 aromatic rings. The second-order valence-electron chi connectivity index (χ2n) is 9.15. The first-order valence-electron chi connectivity index (χ1n) is 11.4. The number of hydrogen-bond acceptors (Lipinski definition) is 7. The van der Waals surface area contributed by atoms with E-state index < -0.39 is 6.10 Å². The summed E-state index contributed by atoms with van der Waals surface area (Å²) in [6, 6.07) is 10.1. The third-order valence-electron chi connectivity index (χ3n) is 6.36. The fourth-order valence-electron chi connectivity index (χ4n) is 4.45. The van der Waals surface area contributed by atoms with Crippen LogP contribution in [0.25, 0.3) is 0 Å². The number of carbonyl (C=O) groups excluding carboxylic acids is 2. The molecule has 0 saturated heterocycles. The Morgan fingerprint density at radius 1 is 1.21 bits per heavy atom. The van der Waals surface area contributed by atoms with Crippen molar-refractivity contribution in [3.8, 4) is 0 Å². The SMILES string of the molecule is CN(C)C(=O)[C@H]1C[C@@H](Nc2cc(C(=O)NCC(O)CN3CCc4ccccc4C3)ncn2)C1. The number of hydrogen-bond donors (Lipinski definition) is 3. The molecule has 4 rings (SSSR count). The van der Waals surface area contributed by atoms with Crippen molar-refractivity contribution in [3.05, 3.63) is 53.5 Å². The zero-order valence-electron chi connectivity index (χ0n) is 19.2. The summed E-state index contributed by atoms with van der Waals surface area (Å²) >= 11 is 0. The third kappa shape index (κ3) is 5.85. The van der Waals surface area contributed by atoms with Gasteiger partial charge in [0.25, 0.3) is 5.91 Å². The van der Waals surface area contributed by atoms with Crippen molar-refractivity contribution in [2.75, 3.05) is 39.0 Å². The van der Waals surface area contributed by atoms with Crippen LogP contribution in [0.4, 0.5) is 5.82 Å². The van der Waals surface area contributed by atoms with Crippen molar-refractivity contribution in [2.45, 2.75) is 38.0 Å². The highest BCUT2D eigenvalue weighted by atomic mass is 16.3. The van der Waals surface area contributed by atoms with Crippen LogP contribution >= 0.6 is 0 Å². The Kier molecular flexibility index (Phi) is 7.20. The number of fused-ring (bicyclic) bond motifs is 1. The molecule has 33 heavy (non-hydrogen) atoms. The summed E-state index contributed by atoms with van der Waals surface area (Å²) in [6.07, 6.45) is 3.14. The second-order valence-corrected chi connectivity index (χ2v) is 9.15. The number of nitrogens with zero attached hydrogens (tertiary/aromatic N) is 4. The quantitative estimate of drug-likeness (QED) is 0.546. The van der Waals surface area contributed by atoms with E-state index in [0.29, 0.717) is 12.4 Å². The highest BCUT2D eigenvalue weighted by molar-refractivity contribution is 5.92. The maximum Gasteiger partial charge on any atom is 0.270 e. The molecule has 1 atom stereocenters. The van der Waals surface area contributed by atoms with Crippen molar-refractivity contribution in [1.82, 2.24) is 25.1 Å². The predicted octanol–water partition coefficient (Wildman–Crippen LogP) is 0.904. The molecular weight excluding hydrogens is 420 g/mol. The van der Waals surface area contributed by atoms with E-state index in [1.807, 2.05) is 6.07 Å². The number of nitrogens with one attached hydrogen (secondary N) is 2. The summed E-state index contributed by atoms with van der Waals surface area (Å²) in [7, 11) is 3.53. The van der Waals surface area contributed by atoms with E-state index in [4.69, 9.17) is 0 Å². The number of β-amino-alcohol motifs (C(OH)–C–C–N with tert-alkyl or cyclic N) is 1. The minimum atomic E-state index is -0.667. The minimum absolute atomic E-state index is 0.0389. The van der Waals surface area contributed by atoms with Gasteiger partial charge in [-0.25, -0.2) is 9.97 Å². The monoisotopic (exact) mass is 452 g/mol. The molecule has 1 saturated carbocycles. The van der Waals surface area contributed by atoms with E-state index in [1.54, 1.807) is 25.1 Å². The molecule has 0 bridgehead atoms. The molecule has 0 radical (unpaired) electrons. The summed E-state index contributed by atoms with van der Waals surface area (Å²) in [6.45, 7) is 2.36. The predicted molar refractivity (Wildman–Crippen MR) is 125 cm³/mol. The normalized spacial score (nSPS) is 20.8. The van der Waals surface area contributed by atoms with E-state index in [-0.39, 0.29) is 36.0 Å². The van der Waals surface area contributed by atoms with Crippen LogP contribution in [0.15, 0.2) is 36.7 Å². The van der Waals surface area contributed by atoms with E-state index in [9.17, 15) is 14.7 Å². The van der Waals surface area contributed by atoms with Crippen LogP contribution in [0.5, 0.6) is 0 Å². The summed E-state index contributed by atoms with van der Waals surface area (Å²) in [5, 5.41) is 16.5. The van der Waals surface area contributed by atoms with Gasteiger partial charge in [-0.1, -0.05) is 24.3 Å². The van der Waals surface area contributed by atoms with E-state index in [0.717, 1.165) is 32.4 Å². The molecule has 3 N–H and O–H groups in total. The van der Waals surface area contributed by atoms with Gasteiger partial charge in [-0.3, -0.25) is 14.5 Å². The fourth-order valence-corrected chi connectivity index (χ4v) is 4.45. The topological polar surface area (TPSA) is 111 Å². The number of anilines is 1. The van der Waals surface area contributed by atoms with Crippen molar-refractivity contribution < 1.29 is 14.7 Å². The first kappa shape index (κ1) is 23.1. The van der Waals surface area contributed by atoms with Gasteiger partial charge in [-0.05, 0) is 30.4 Å². The minimum Gasteiger partial charge on any atom is -0.390 e. The number of carbonyl (C=O) groups is 2. The van der Waals surface area contributed by atoms with Gasteiger partial charge < -0.3 is 20.6 Å². The van der Waals surface area contributed by atoms with E-state index in [1.165, 1.54) is 17.5 Å². The zero-order chi connectivity index (χ0) is 23.4. The molecule has 1 aromatic heterocycles. The second kappa shape index (κ2) is 10.3. The number of amides is 2. The van der Waals surface area contributed by atoms with Crippen molar-refractivity contribution >= 4 is 17.6 Å². The molecule has 0 spiro atoms. The van der Waals surface area contributed by atoms with Gasteiger partial charge in [-0.15, -0.1) is 0 Å². The molecule has 1 fully saturated rings. The number of aliphatic hydroxyl groups excluding tert-OH is 1. The molecule has 2 amide bonds. The van der Waals surface area contributed by atoms with Crippen LogP contribution in [0.1, 0.15) is 34.5 Å². The molecular formula is C24H32N6O3. The summed E-state index contributed by atoms with van der Waals surface area (Å²) in [5.74, 6) is 0.390. The van der Waals surface area contributed by atoms with Gasteiger partial charge >= 0.3 is 0 Å². The van der Waals surface area contributed by atoms with Crippen LogP contribution in [0, 0.1) is 5.92 Å². The first-order valence-corrected chi connectivity index (χ1v) is 11.4. The molecule has 2 aliphatic rings. The standard InChI is InChI=1S/C24H32N6O3/c1-29(2)24(33)18-9-19(10-18)28-22-11-21(26-15-27-22)23(32)25-12-20(31)14-30-8-7-16-5-3-4-6-17(16)13-30/h3-6,11,15,18-20,31H,7-10,12-14H2,1-2H3,(H,25,32)(H,26,27,28)/t18-,19+,20?. The molecule has 1 unspecified atom stereocenters. The van der Waals surface area contributed by atoms with Crippen molar-refractivity contribution in [1.29, 1.82) is 0 Å².